The van der Waals surface area contributed by atoms with Gasteiger partial charge in [-0.25, -0.2) is 4.98 Å². The molecule has 0 spiro atoms. The van der Waals surface area contributed by atoms with Crippen molar-refractivity contribution in [1.82, 2.24) is 14.5 Å². The van der Waals surface area contributed by atoms with Crippen molar-refractivity contribution in [1.29, 1.82) is 0 Å². The quantitative estimate of drug-likeness (QED) is 0.508. The first-order chi connectivity index (χ1) is 13.7. The van der Waals surface area contributed by atoms with Crippen LogP contribution in [0.1, 0.15) is 64.0 Å². The van der Waals surface area contributed by atoms with E-state index in [1.54, 1.807) is 0 Å². The molecule has 0 unspecified atom stereocenters. The normalized spacial score (nSPS) is 19.8. The summed E-state index contributed by atoms with van der Waals surface area (Å²) in [4.78, 5) is 9.56. The molecular formula is C24H32N4. The Bertz CT molecular complexity index is 918. The third-order valence-corrected chi connectivity index (χ3v) is 6.13. The summed E-state index contributed by atoms with van der Waals surface area (Å²) in [5.74, 6) is 1.59. The van der Waals surface area contributed by atoms with Crippen LogP contribution < -0.4 is 5.32 Å². The Balaban J connectivity index is 1.75. The smallest absolute Gasteiger partial charge is 0.224 e. The summed E-state index contributed by atoms with van der Waals surface area (Å²) in [6.07, 6.45) is 11.7. The maximum absolute atomic E-state index is 4.95. The highest BCUT2D eigenvalue weighted by Gasteiger charge is 2.23. The number of aryl methyl sites for hydroxylation is 1. The van der Waals surface area contributed by atoms with Crippen molar-refractivity contribution in [3.63, 3.8) is 0 Å². The fourth-order valence-corrected chi connectivity index (χ4v) is 4.25. The highest BCUT2D eigenvalue weighted by atomic mass is 15.2. The minimum Gasteiger partial charge on any atom is -0.354 e. The molecule has 2 heterocycles. The molecule has 0 saturated heterocycles. The van der Waals surface area contributed by atoms with Gasteiger partial charge in [0, 0.05) is 35.9 Å². The van der Waals surface area contributed by atoms with Crippen LogP contribution in [0.15, 0.2) is 36.7 Å². The Hall–Kier alpha value is -2.36. The van der Waals surface area contributed by atoms with E-state index < -0.39 is 0 Å². The van der Waals surface area contributed by atoms with Crippen LogP contribution in [0.4, 0.5) is 5.95 Å². The first-order valence-electron chi connectivity index (χ1n) is 10.8. The van der Waals surface area contributed by atoms with E-state index in [1.807, 2.05) is 6.20 Å². The molecule has 0 bridgehead atoms. The van der Waals surface area contributed by atoms with Gasteiger partial charge in [0.15, 0.2) is 0 Å². The van der Waals surface area contributed by atoms with Crippen molar-refractivity contribution >= 4 is 17.0 Å². The van der Waals surface area contributed by atoms with E-state index in [0.717, 1.165) is 35.9 Å². The zero-order valence-electron chi connectivity index (χ0n) is 17.4. The number of fused-ring (bicyclic) bond motifs is 1. The summed E-state index contributed by atoms with van der Waals surface area (Å²) < 4.78 is 2.43. The lowest BCUT2D eigenvalue weighted by atomic mass is 9.87. The number of unbranched alkanes of at least 4 members (excludes halogenated alkanes) is 1. The molecule has 0 aliphatic heterocycles. The van der Waals surface area contributed by atoms with E-state index >= 15 is 0 Å². The van der Waals surface area contributed by atoms with Gasteiger partial charge in [-0.2, -0.15) is 4.98 Å². The van der Waals surface area contributed by atoms with Crippen LogP contribution >= 0.6 is 0 Å². The van der Waals surface area contributed by atoms with Crippen molar-refractivity contribution in [2.45, 2.75) is 65.3 Å². The molecule has 3 aromatic rings. The van der Waals surface area contributed by atoms with E-state index in [9.17, 15) is 0 Å². The van der Waals surface area contributed by atoms with Gasteiger partial charge in [-0.3, -0.25) is 0 Å². The Morgan fingerprint density at radius 2 is 1.86 bits per heavy atom. The predicted molar refractivity (Wildman–Crippen MR) is 118 cm³/mol. The van der Waals surface area contributed by atoms with E-state index in [1.165, 1.54) is 48.8 Å². The van der Waals surface area contributed by atoms with Gasteiger partial charge in [0.1, 0.15) is 5.65 Å². The second kappa shape index (κ2) is 8.34. The third kappa shape index (κ3) is 3.91. The average molecular weight is 377 g/mol. The summed E-state index contributed by atoms with van der Waals surface area (Å²) >= 11 is 0. The van der Waals surface area contributed by atoms with Gasteiger partial charge < -0.3 is 9.88 Å². The number of nitrogens with zero attached hydrogens (tertiary/aromatic N) is 3. The van der Waals surface area contributed by atoms with Crippen molar-refractivity contribution in [3.8, 4) is 11.1 Å². The first kappa shape index (κ1) is 19.0. The summed E-state index contributed by atoms with van der Waals surface area (Å²) in [5.41, 5.74) is 4.85. The molecule has 1 saturated carbocycles. The maximum Gasteiger partial charge on any atom is 0.224 e. The molecule has 148 valence electrons. The summed E-state index contributed by atoms with van der Waals surface area (Å²) in [5, 5.41) is 4.55. The molecule has 1 aromatic carbocycles. The van der Waals surface area contributed by atoms with Crippen LogP contribution in [0.5, 0.6) is 0 Å². The van der Waals surface area contributed by atoms with E-state index in [0.29, 0.717) is 6.04 Å². The van der Waals surface area contributed by atoms with Gasteiger partial charge in [-0.15, -0.1) is 0 Å². The van der Waals surface area contributed by atoms with Crippen molar-refractivity contribution < 1.29 is 0 Å². The van der Waals surface area contributed by atoms with E-state index in [2.05, 4.69) is 66.1 Å². The lowest BCUT2D eigenvalue weighted by molar-refractivity contribution is 0.294. The molecule has 4 nitrogen and oxygen atoms in total. The number of hydrogen-bond acceptors (Lipinski definition) is 3. The van der Waals surface area contributed by atoms with Crippen molar-refractivity contribution in [2.75, 3.05) is 11.9 Å². The van der Waals surface area contributed by atoms with Crippen LogP contribution in [0.2, 0.25) is 0 Å². The van der Waals surface area contributed by atoms with Crippen LogP contribution in [0.3, 0.4) is 0 Å². The minimum atomic E-state index is 0.538. The number of aromatic nitrogens is 3. The third-order valence-electron chi connectivity index (χ3n) is 6.13. The molecule has 0 atom stereocenters. The second-order valence-electron chi connectivity index (χ2n) is 8.44. The highest BCUT2D eigenvalue weighted by molar-refractivity contribution is 5.94. The predicted octanol–water partition coefficient (Wildman–Crippen LogP) is 6.37. The average Bonchev–Trinajstić information content (AvgIpc) is 3.08. The van der Waals surface area contributed by atoms with E-state index in [4.69, 9.17) is 4.98 Å². The van der Waals surface area contributed by atoms with Gasteiger partial charge in [-0.05, 0) is 50.5 Å². The van der Waals surface area contributed by atoms with Crippen molar-refractivity contribution in [2.24, 2.45) is 5.92 Å². The molecule has 0 amide bonds. The molecule has 4 rings (SSSR count). The fourth-order valence-electron chi connectivity index (χ4n) is 4.25. The largest absolute Gasteiger partial charge is 0.354 e. The zero-order chi connectivity index (χ0) is 19.5. The molecular weight excluding hydrogens is 344 g/mol. The Morgan fingerprint density at radius 3 is 2.57 bits per heavy atom. The molecule has 2 aromatic heterocycles. The second-order valence-corrected chi connectivity index (χ2v) is 8.44. The van der Waals surface area contributed by atoms with Gasteiger partial charge in [0.25, 0.3) is 0 Å². The molecule has 1 N–H and O–H groups in total. The number of benzene rings is 1. The zero-order valence-corrected chi connectivity index (χ0v) is 17.4. The number of nitrogens with one attached hydrogen (secondary N) is 1. The lowest BCUT2D eigenvalue weighted by Gasteiger charge is -2.27. The molecule has 1 aliphatic carbocycles. The maximum atomic E-state index is 4.95. The highest BCUT2D eigenvalue weighted by Crippen LogP contribution is 2.38. The molecule has 0 radical (unpaired) electrons. The van der Waals surface area contributed by atoms with Crippen LogP contribution in [-0.4, -0.2) is 21.1 Å². The summed E-state index contributed by atoms with van der Waals surface area (Å²) in [6.45, 7) is 7.64. The fraction of sp³-hybridized carbons (Fsp3) is 0.500. The first-order valence-corrected chi connectivity index (χ1v) is 10.8. The van der Waals surface area contributed by atoms with Crippen molar-refractivity contribution in [3.05, 3.63) is 42.2 Å². The van der Waals surface area contributed by atoms with Gasteiger partial charge >= 0.3 is 0 Å². The summed E-state index contributed by atoms with van der Waals surface area (Å²) in [7, 11) is 0. The number of rotatable bonds is 6. The molecule has 1 aliphatic rings. The van der Waals surface area contributed by atoms with Gasteiger partial charge in [0.2, 0.25) is 5.95 Å². The monoisotopic (exact) mass is 376 g/mol. The van der Waals surface area contributed by atoms with Gasteiger partial charge in [0.05, 0.1) is 0 Å². The molecule has 1 fully saturated rings. The number of anilines is 1. The van der Waals surface area contributed by atoms with Gasteiger partial charge in [-0.1, -0.05) is 50.1 Å². The SMILES string of the molecule is CCCCNc1ncc2c(-c3ccc(C)cc3)cn(C3CCC(C)CC3)c2n1. The Labute approximate surface area is 168 Å². The standard InChI is InChI=1S/C24H32N4/c1-4-5-14-25-24-26-15-21-22(19-10-6-17(2)7-11-19)16-28(23(21)27-24)20-12-8-18(3)9-13-20/h6-7,10-11,15-16,18,20H,4-5,8-9,12-14H2,1-3H3,(H,25,26,27). The molecule has 4 heteroatoms. The van der Waals surface area contributed by atoms with Crippen LogP contribution in [0, 0.1) is 12.8 Å². The molecule has 28 heavy (non-hydrogen) atoms. The topological polar surface area (TPSA) is 42.7 Å². The lowest BCUT2D eigenvalue weighted by Crippen LogP contribution is -2.16. The number of hydrogen-bond donors (Lipinski definition) is 1. The van der Waals surface area contributed by atoms with E-state index in [-0.39, 0.29) is 0 Å². The van der Waals surface area contributed by atoms with Crippen LogP contribution in [-0.2, 0) is 0 Å². The Kier molecular flexibility index (Phi) is 5.65. The minimum absolute atomic E-state index is 0.538. The Morgan fingerprint density at radius 1 is 1.11 bits per heavy atom. The summed E-state index contributed by atoms with van der Waals surface area (Å²) in [6, 6.07) is 9.33. The van der Waals surface area contributed by atoms with Crippen LogP contribution in [0.25, 0.3) is 22.2 Å².